The second-order valence-corrected chi connectivity index (χ2v) is 10.8. The van der Waals surface area contributed by atoms with Crippen molar-refractivity contribution in [2.24, 2.45) is 5.92 Å². The highest BCUT2D eigenvalue weighted by molar-refractivity contribution is 5.94. The van der Waals surface area contributed by atoms with E-state index in [9.17, 15) is 14.7 Å². The van der Waals surface area contributed by atoms with E-state index in [0.29, 0.717) is 11.8 Å². The van der Waals surface area contributed by atoms with Gasteiger partial charge in [0, 0.05) is 50.9 Å². The monoisotopic (exact) mass is 507 g/mol. The van der Waals surface area contributed by atoms with Crippen LogP contribution in [0.1, 0.15) is 62.1 Å². The van der Waals surface area contributed by atoms with Gasteiger partial charge in [-0.15, -0.1) is 0 Å². The Morgan fingerprint density at radius 2 is 1.92 bits per heavy atom. The number of ether oxygens (including phenoxy) is 1. The molecule has 1 saturated carbocycles. The molecule has 0 radical (unpaired) electrons. The van der Waals surface area contributed by atoms with Crippen molar-refractivity contribution in [1.29, 1.82) is 0 Å². The number of aliphatic carboxylic acids is 1. The molecule has 1 heterocycles. The first-order valence-electron chi connectivity index (χ1n) is 13.5. The van der Waals surface area contributed by atoms with Gasteiger partial charge >= 0.3 is 5.97 Å². The molecule has 2 aromatic carbocycles. The van der Waals surface area contributed by atoms with Crippen LogP contribution < -0.4 is 15.0 Å². The van der Waals surface area contributed by atoms with Crippen molar-refractivity contribution in [3.63, 3.8) is 0 Å². The summed E-state index contributed by atoms with van der Waals surface area (Å²) in [5.74, 6) is -0.567. The standard InChI is InChI=1S/C30H41N3O4/c1-20-16-26(11-8-25(20)19-33-15-14-31-21(2)18-33)32(4)29(34)23-9-12-27(13-10-23)37-28-7-5-6-24(17-28)22(3)30(35)36/h5-8,11,16-17,21-23,27,31H,9-10,12-15,18-19H2,1-4H3,(H,35,36)/t21-,22?,23?,27?/m0/s1. The molecular weight excluding hydrogens is 466 g/mol. The number of anilines is 1. The van der Waals surface area contributed by atoms with Crippen LogP contribution in [0.25, 0.3) is 0 Å². The van der Waals surface area contributed by atoms with Gasteiger partial charge in [-0.1, -0.05) is 18.2 Å². The zero-order chi connectivity index (χ0) is 26.5. The van der Waals surface area contributed by atoms with Crippen LogP contribution in [0.5, 0.6) is 5.75 Å². The molecule has 1 amide bonds. The lowest BCUT2D eigenvalue weighted by Crippen LogP contribution is -2.48. The number of carbonyl (C=O) groups excluding carboxylic acids is 1. The molecule has 2 fully saturated rings. The summed E-state index contributed by atoms with van der Waals surface area (Å²) in [6.07, 6.45) is 3.24. The third-order valence-corrected chi connectivity index (χ3v) is 7.95. The first kappa shape index (κ1) is 27.1. The number of rotatable bonds is 8. The lowest BCUT2D eigenvalue weighted by atomic mass is 9.86. The molecule has 0 bridgehead atoms. The van der Waals surface area contributed by atoms with Crippen LogP contribution in [-0.4, -0.2) is 60.7 Å². The predicted octanol–water partition coefficient (Wildman–Crippen LogP) is 4.58. The number of nitrogens with one attached hydrogen (secondary N) is 1. The van der Waals surface area contributed by atoms with Crippen LogP contribution in [0.2, 0.25) is 0 Å². The number of carbonyl (C=O) groups is 2. The lowest BCUT2D eigenvalue weighted by molar-refractivity contribution is -0.138. The average molecular weight is 508 g/mol. The second-order valence-electron chi connectivity index (χ2n) is 10.8. The van der Waals surface area contributed by atoms with E-state index in [1.807, 2.05) is 36.2 Å². The highest BCUT2D eigenvalue weighted by Gasteiger charge is 2.30. The molecule has 2 aromatic rings. The van der Waals surface area contributed by atoms with E-state index in [1.54, 1.807) is 6.92 Å². The summed E-state index contributed by atoms with van der Waals surface area (Å²) in [5, 5.41) is 12.8. The van der Waals surface area contributed by atoms with Crippen LogP contribution >= 0.6 is 0 Å². The first-order chi connectivity index (χ1) is 17.7. The number of carboxylic acid groups (broad SMARTS) is 1. The Kier molecular flexibility index (Phi) is 8.87. The third kappa shape index (κ3) is 6.90. The number of amides is 1. The second kappa shape index (κ2) is 12.1. The number of piperazine rings is 1. The quantitative estimate of drug-likeness (QED) is 0.545. The fourth-order valence-electron chi connectivity index (χ4n) is 5.48. The molecule has 2 aliphatic rings. The molecule has 0 aromatic heterocycles. The number of benzene rings is 2. The van der Waals surface area contributed by atoms with Gasteiger partial charge in [-0.3, -0.25) is 14.5 Å². The maximum Gasteiger partial charge on any atom is 0.310 e. The average Bonchev–Trinajstić information content (AvgIpc) is 2.89. The zero-order valence-electron chi connectivity index (χ0n) is 22.6. The minimum atomic E-state index is -0.848. The Morgan fingerprint density at radius 3 is 2.59 bits per heavy atom. The van der Waals surface area contributed by atoms with Gasteiger partial charge in [0.05, 0.1) is 12.0 Å². The summed E-state index contributed by atoms with van der Waals surface area (Å²) in [6, 6.07) is 14.2. The molecule has 7 heteroatoms. The minimum absolute atomic E-state index is 0.00876. The number of hydrogen-bond acceptors (Lipinski definition) is 5. The Morgan fingerprint density at radius 1 is 1.16 bits per heavy atom. The molecule has 2 N–H and O–H groups in total. The third-order valence-electron chi connectivity index (χ3n) is 7.95. The minimum Gasteiger partial charge on any atom is -0.490 e. The molecular formula is C30H41N3O4. The van der Waals surface area contributed by atoms with Crippen molar-refractivity contribution in [2.75, 3.05) is 31.6 Å². The van der Waals surface area contributed by atoms with E-state index in [2.05, 4.69) is 42.3 Å². The molecule has 0 spiro atoms. The molecule has 200 valence electrons. The van der Waals surface area contributed by atoms with E-state index in [-0.39, 0.29) is 17.9 Å². The van der Waals surface area contributed by atoms with Gasteiger partial charge < -0.3 is 20.1 Å². The lowest BCUT2D eigenvalue weighted by Gasteiger charge is -2.32. The predicted molar refractivity (Wildman–Crippen MR) is 146 cm³/mol. The van der Waals surface area contributed by atoms with Crippen LogP contribution in [0.3, 0.4) is 0 Å². The Balaban J connectivity index is 1.30. The number of carboxylic acids is 1. The van der Waals surface area contributed by atoms with Gasteiger partial charge in [0.2, 0.25) is 5.91 Å². The highest BCUT2D eigenvalue weighted by atomic mass is 16.5. The molecule has 1 saturated heterocycles. The normalized spacial score (nSPS) is 23.3. The fourth-order valence-corrected chi connectivity index (χ4v) is 5.48. The van der Waals surface area contributed by atoms with E-state index >= 15 is 0 Å². The largest absolute Gasteiger partial charge is 0.490 e. The first-order valence-corrected chi connectivity index (χ1v) is 13.5. The molecule has 1 aliphatic carbocycles. The van der Waals surface area contributed by atoms with E-state index in [0.717, 1.165) is 63.1 Å². The van der Waals surface area contributed by atoms with Crippen LogP contribution in [0, 0.1) is 12.8 Å². The number of aryl methyl sites for hydroxylation is 1. The SMILES string of the molecule is Cc1cc(N(C)C(=O)C2CCC(Oc3cccc(C(C)C(=O)O)c3)CC2)ccc1CN1CCN[C@@H](C)C1. The Hall–Kier alpha value is -2.90. The Bertz CT molecular complexity index is 1100. The topological polar surface area (TPSA) is 82.1 Å². The zero-order valence-corrected chi connectivity index (χ0v) is 22.6. The molecule has 37 heavy (non-hydrogen) atoms. The van der Waals surface area contributed by atoms with E-state index in [4.69, 9.17) is 4.74 Å². The molecule has 1 unspecified atom stereocenters. The molecule has 2 atom stereocenters. The summed E-state index contributed by atoms with van der Waals surface area (Å²) in [7, 11) is 1.88. The van der Waals surface area contributed by atoms with Crippen LogP contribution in [0.4, 0.5) is 5.69 Å². The van der Waals surface area contributed by atoms with Crippen molar-refractivity contribution in [2.45, 2.75) is 71.1 Å². The summed E-state index contributed by atoms with van der Waals surface area (Å²) in [5.41, 5.74) is 4.22. The van der Waals surface area contributed by atoms with Crippen molar-refractivity contribution >= 4 is 17.6 Å². The smallest absolute Gasteiger partial charge is 0.310 e. The summed E-state index contributed by atoms with van der Waals surface area (Å²) >= 11 is 0. The van der Waals surface area contributed by atoms with Crippen LogP contribution in [0.15, 0.2) is 42.5 Å². The van der Waals surface area contributed by atoms with Gasteiger partial charge in [-0.2, -0.15) is 0 Å². The molecule has 7 nitrogen and oxygen atoms in total. The molecule has 4 rings (SSSR count). The van der Waals surface area contributed by atoms with E-state index < -0.39 is 11.9 Å². The van der Waals surface area contributed by atoms with E-state index in [1.165, 1.54) is 11.1 Å². The maximum atomic E-state index is 13.3. The summed E-state index contributed by atoms with van der Waals surface area (Å²) < 4.78 is 6.17. The van der Waals surface area contributed by atoms with Crippen molar-refractivity contribution < 1.29 is 19.4 Å². The maximum absolute atomic E-state index is 13.3. The molecule has 1 aliphatic heterocycles. The highest BCUT2D eigenvalue weighted by Crippen LogP contribution is 2.31. The van der Waals surface area contributed by atoms with Crippen molar-refractivity contribution in [3.05, 3.63) is 59.2 Å². The van der Waals surface area contributed by atoms with Gasteiger partial charge in [-0.25, -0.2) is 0 Å². The number of nitrogens with zero attached hydrogens (tertiary/aromatic N) is 2. The number of hydrogen-bond donors (Lipinski definition) is 2. The van der Waals surface area contributed by atoms with Crippen LogP contribution in [-0.2, 0) is 16.1 Å². The summed E-state index contributed by atoms with van der Waals surface area (Å²) in [6.45, 7) is 10.1. The van der Waals surface area contributed by atoms with Gasteiger partial charge in [0.15, 0.2) is 0 Å². The fraction of sp³-hybridized carbons (Fsp3) is 0.533. The van der Waals surface area contributed by atoms with Gasteiger partial charge in [0.1, 0.15) is 5.75 Å². The van der Waals surface area contributed by atoms with Crippen molar-refractivity contribution in [3.8, 4) is 5.75 Å². The summed E-state index contributed by atoms with van der Waals surface area (Å²) in [4.78, 5) is 28.9. The van der Waals surface area contributed by atoms with Crippen molar-refractivity contribution in [1.82, 2.24) is 10.2 Å². The van der Waals surface area contributed by atoms with Gasteiger partial charge in [0.25, 0.3) is 0 Å². The van der Waals surface area contributed by atoms with Gasteiger partial charge in [-0.05, 0) is 87.4 Å². The Labute approximate surface area is 220 Å².